The predicted molar refractivity (Wildman–Crippen MR) is 118 cm³/mol. The first kappa shape index (κ1) is 19.5. The maximum Gasteiger partial charge on any atom is 0.259 e. The van der Waals surface area contributed by atoms with Crippen molar-refractivity contribution in [1.29, 1.82) is 0 Å². The quantitative estimate of drug-likeness (QED) is 0.548. The number of hydrogen-bond acceptors (Lipinski definition) is 5. The van der Waals surface area contributed by atoms with Crippen LogP contribution < -0.4 is 10.9 Å². The molecular formula is C20H20ClN3O2S2. The smallest absolute Gasteiger partial charge is 0.259 e. The first-order valence-corrected chi connectivity index (χ1v) is 11.6. The number of nitrogens with one attached hydrogen (secondary N) is 2. The highest BCUT2D eigenvalue weighted by atomic mass is 35.5. The van der Waals surface area contributed by atoms with Crippen LogP contribution in [0.4, 0.5) is 5.69 Å². The minimum Gasteiger partial charge on any atom is -0.326 e. The number of thioether (sulfide) groups is 1. The van der Waals surface area contributed by atoms with Crippen molar-refractivity contribution in [1.82, 2.24) is 9.97 Å². The van der Waals surface area contributed by atoms with Crippen molar-refractivity contribution in [3.05, 3.63) is 55.9 Å². The van der Waals surface area contributed by atoms with E-state index in [1.54, 1.807) is 47.4 Å². The first-order valence-electron chi connectivity index (χ1n) is 9.27. The maximum atomic E-state index is 12.5. The zero-order chi connectivity index (χ0) is 19.5. The van der Waals surface area contributed by atoms with E-state index in [0.717, 1.165) is 29.5 Å². The average molecular weight is 434 g/mol. The number of halogens is 1. The molecule has 1 aliphatic rings. The normalized spacial score (nSPS) is 13.5. The zero-order valence-corrected chi connectivity index (χ0v) is 17.6. The van der Waals surface area contributed by atoms with E-state index in [2.05, 4.69) is 15.3 Å². The lowest BCUT2D eigenvalue weighted by atomic mass is 9.97. The van der Waals surface area contributed by atoms with E-state index in [9.17, 15) is 9.59 Å². The van der Waals surface area contributed by atoms with Gasteiger partial charge in [0, 0.05) is 27.8 Å². The summed E-state index contributed by atoms with van der Waals surface area (Å²) in [6, 6.07) is 7.09. The number of amides is 1. The highest BCUT2D eigenvalue weighted by molar-refractivity contribution is 7.98. The van der Waals surface area contributed by atoms with Gasteiger partial charge in [-0.05, 0) is 49.4 Å². The van der Waals surface area contributed by atoms with E-state index in [0.29, 0.717) is 34.5 Å². The van der Waals surface area contributed by atoms with Crippen LogP contribution in [0, 0.1) is 0 Å². The van der Waals surface area contributed by atoms with Gasteiger partial charge in [-0.25, -0.2) is 4.98 Å². The minimum atomic E-state index is -0.0578. The van der Waals surface area contributed by atoms with Crippen molar-refractivity contribution < 1.29 is 4.79 Å². The first-order chi connectivity index (χ1) is 13.6. The molecule has 0 radical (unpaired) electrons. The molecule has 4 rings (SSSR count). The van der Waals surface area contributed by atoms with Gasteiger partial charge in [-0.1, -0.05) is 17.7 Å². The molecule has 0 saturated heterocycles. The number of carbonyl (C=O) groups is 1. The van der Waals surface area contributed by atoms with Gasteiger partial charge in [-0.2, -0.15) is 11.8 Å². The largest absolute Gasteiger partial charge is 0.326 e. The molecule has 146 valence electrons. The summed E-state index contributed by atoms with van der Waals surface area (Å²) in [6.45, 7) is 0. The zero-order valence-electron chi connectivity index (χ0n) is 15.2. The summed E-state index contributed by atoms with van der Waals surface area (Å²) in [5.74, 6) is 1.85. The van der Waals surface area contributed by atoms with Crippen molar-refractivity contribution in [2.75, 3.05) is 11.1 Å². The molecule has 0 spiro atoms. The molecule has 28 heavy (non-hydrogen) atoms. The number of benzene rings is 1. The van der Waals surface area contributed by atoms with Crippen LogP contribution in [0.5, 0.6) is 0 Å². The van der Waals surface area contributed by atoms with Crippen LogP contribution in [-0.4, -0.2) is 21.6 Å². The van der Waals surface area contributed by atoms with Gasteiger partial charge < -0.3 is 10.3 Å². The third kappa shape index (κ3) is 4.42. The molecule has 1 amide bonds. The fourth-order valence-corrected chi connectivity index (χ4v) is 5.68. The molecule has 0 atom stereocenters. The summed E-state index contributed by atoms with van der Waals surface area (Å²) < 4.78 is 0. The highest BCUT2D eigenvalue weighted by Crippen LogP contribution is 2.33. The van der Waals surface area contributed by atoms with E-state index in [4.69, 9.17) is 11.6 Å². The molecule has 2 heterocycles. The van der Waals surface area contributed by atoms with Gasteiger partial charge in [-0.15, -0.1) is 11.3 Å². The van der Waals surface area contributed by atoms with Crippen LogP contribution >= 0.6 is 34.7 Å². The number of fused-ring (bicyclic) bond motifs is 3. The number of rotatable bonds is 6. The van der Waals surface area contributed by atoms with Crippen molar-refractivity contribution in [2.24, 2.45) is 0 Å². The Balaban J connectivity index is 1.33. The van der Waals surface area contributed by atoms with Gasteiger partial charge in [0.25, 0.3) is 5.56 Å². The lowest BCUT2D eigenvalue weighted by Crippen LogP contribution is -2.13. The molecule has 0 aliphatic heterocycles. The molecule has 0 bridgehead atoms. The molecule has 2 aromatic heterocycles. The summed E-state index contributed by atoms with van der Waals surface area (Å²) in [4.78, 5) is 34.3. The molecule has 0 unspecified atom stereocenters. The number of aryl methyl sites for hydroxylation is 2. The van der Waals surface area contributed by atoms with Gasteiger partial charge in [0.1, 0.15) is 10.7 Å². The topological polar surface area (TPSA) is 74.8 Å². The van der Waals surface area contributed by atoms with Crippen molar-refractivity contribution in [3.8, 4) is 0 Å². The molecule has 1 aromatic carbocycles. The summed E-state index contributed by atoms with van der Waals surface area (Å²) >= 11 is 9.16. The minimum absolute atomic E-state index is 0.0290. The van der Waals surface area contributed by atoms with Gasteiger partial charge in [-0.3, -0.25) is 9.59 Å². The number of H-pyrrole nitrogens is 1. The number of aromatic amines is 1. The summed E-state index contributed by atoms with van der Waals surface area (Å²) in [6.07, 6.45) is 4.76. The summed E-state index contributed by atoms with van der Waals surface area (Å²) in [5, 5.41) is 4.21. The Morgan fingerprint density at radius 2 is 2.18 bits per heavy atom. The van der Waals surface area contributed by atoms with Gasteiger partial charge >= 0.3 is 0 Å². The Hall–Kier alpha value is -1.83. The Morgan fingerprint density at radius 3 is 3.04 bits per heavy atom. The second kappa shape index (κ2) is 8.68. The van der Waals surface area contributed by atoms with Crippen molar-refractivity contribution in [2.45, 2.75) is 37.9 Å². The highest BCUT2D eigenvalue weighted by Gasteiger charge is 2.19. The Morgan fingerprint density at radius 1 is 1.32 bits per heavy atom. The SMILES string of the molecule is O=C(CCSCc1nc2sc3c(c2c(=O)[nH]1)CCCC3)Nc1cccc(Cl)c1. The molecule has 0 saturated carbocycles. The van der Waals surface area contributed by atoms with Gasteiger partial charge in [0.2, 0.25) is 5.91 Å². The fraction of sp³-hybridized carbons (Fsp3) is 0.350. The van der Waals surface area contributed by atoms with E-state index in [1.165, 1.54) is 16.9 Å². The molecule has 2 N–H and O–H groups in total. The summed E-state index contributed by atoms with van der Waals surface area (Å²) in [5.41, 5.74) is 1.87. The van der Waals surface area contributed by atoms with E-state index in [1.807, 2.05) is 0 Å². The van der Waals surface area contributed by atoms with Crippen LogP contribution in [0.2, 0.25) is 5.02 Å². The average Bonchev–Trinajstić information content (AvgIpc) is 3.04. The molecule has 1 aliphatic carbocycles. The predicted octanol–water partition coefficient (Wildman–Crippen LogP) is 4.78. The second-order valence-corrected chi connectivity index (χ2v) is 9.39. The third-order valence-corrected chi connectivity index (χ3v) is 7.09. The standard InChI is InChI=1S/C20H20ClN3O2S2/c21-12-4-3-5-13(10-12)22-17(25)8-9-27-11-16-23-19(26)18-14-6-1-2-7-15(14)28-20(18)24-16/h3-5,10H,1-2,6-9,11H2,(H,22,25)(H,23,24,26). The van der Waals surface area contributed by atoms with Crippen LogP contribution in [0.15, 0.2) is 29.1 Å². The van der Waals surface area contributed by atoms with E-state index < -0.39 is 0 Å². The Kier molecular flexibility index (Phi) is 6.04. The van der Waals surface area contributed by atoms with Crippen molar-refractivity contribution in [3.63, 3.8) is 0 Å². The molecule has 0 fully saturated rings. The summed E-state index contributed by atoms with van der Waals surface area (Å²) in [7, 11) is 0. The number of anilines is 1. The van der Waals surface area contributed by atoms with E-state index >= 15 is 0 Å². The number of nitrogens with zero attached hydrogens (tertiary/aromatic N) is 1. The fourth-order valence-electron chi connectivity index (χ4n) is 3.40. The van der Waals surface area contributed by atoms with Crippen LogP contribution in [0.3, 0.4) is 0 Å². The number of thiophene rings is 1. The van der Waals surface area contributed by atoms with Crippen LogP contribution in [-0.2, 0) is 23.4 Å². The second-order valence-electron chi connectivity index (χ2n) is 6.76. The van der Waals surface area contributed by atoms with Gasteiger partial charge in [0.15, 0.2) is 0 Å². The van der Waals surface area contributed by atoms with Crippen LogP contribution in [0.25, 0.3) is 10.2 Å². The third-order valence-electron chi connectivity index (χ3n) is 4.69. The number of hydrogen-bond donors (Lipinski definition) is 2. The van der Waals surface area contributed by atoms with Crippen molar-refractivity contribution >= 4 is 56.5 Å². The number of carbonyl (C=O) groups excluding carboxylic acids is 1. The van der Waals surface area contributed by atoms with Crippen LogP contribution in [0.1, 0.15) is 35.5 Å². The molecule has 5 nitrogen and oxygen atoms in total. The van der Waals surface area contributed by atoms with E-state index in [-0.39, 0.29) is 11.5 Å². The lowest BCUT2D eigenvalue weighted by Gasteiger charge is -2.09. The Bertz CT molecular complexity index is 1080. The Labute approximate surface area is 175 Å². The molecule has 3 aromatic rings. The lowest BCUT2D eigenvalue weighted by molar-refractivity contribution is -0.115. The maximum absolute atomic E-state index is 12.5. The number of aromatic nitrogens is 2. The van der Waals surface area contributed by atoms with Gasteiger partial charge in [0.05, 0.1) is 11.1 Å². The molecule has 8 heteroatoms. The monoisotopic (exact) mass is 433 g/mol. The molecular weight excluding hydrogens is 414 g/mol.